The number of ether oxygens (including phenoxy) is 2. The monoisotopic (exact) mass is 293 g/mol. The van der Waals surface area contributed by atoms with E-state index in [1.165, 1.54) is 14.2 Å². The van der Waals surface area contributed by atoms with Crippen molar-refractivity contribution >= 4 is 5.91 Å². The van der Waals surface area contributed by atoms with Crippen molar-refractivity contribution in [3.05, 3.63) is 23.8 Å². The molecule has 0 saturated heterocycles. The summed E-state index contributed by atoms with van der Waals surface area (Å²) in [6, 6.07) is 5.26. The number of carbonyl (C=O) groups is 1. The Kier molecular flexibility index (Phi) is 5.44. The molecule has 21 heavy (non-hydrogen) atoms. The number of carbonyl (C=O) groups excluding carboxylic acids is 1. The molecule has 0 spiro atoms. The Morgan fingerprint density at radius 2 is 1.86 bits per heavy atom. The van der Waals surface area contributed by atoms with Crippen LogP contribution in [0, 0.1) is 5.92 Å². The van der Waals surface area contributed by atoms with Crippen molar-refractivity contribution in [1.82, 2.24) is 5.32 Å². The molecule has 1 aromatic rings. The van der Waals surface area contributed by atoms with E-state index in [2.05, 4.69) is 5.32 Å². The van der Waals surface area contributed by atoms with Crippen LogP contribution in [0.5, 0.6) is 11.5 Å². The van der Waals surface area contributed by atoms with Crippen LogP contribution in [0.15, 0.2) is 18.2 Å². The summed E-state index contributed by atoms with van der Waals surface area (Å²) in [5.41, 5.74) is 0.407. The Morgan fingerprint density at radius 1 is 1.24 bits per heavy atom. The number of benzene rings is 1. The van der Waals surface area contributed by atoms with E-state index in [1.807, 2.05) is 0 Å². The summed E-state index contributed by atoms with van der Waals surface area (Å²) in [6.45, 7) is 0.105. The average molecular weight is 293 g/mol. The first-order valence-corrected chi connectivity index (χ1v) is 7.34. The highest BCUT2D eigenvalue weighted by atomic mass is 16.5. The second kappa shape index (κ2) is 7.31. The number of aliphatic hydroxyl groups is 1. The lowest BCUT2D eigenvalue weighted by Gasteiger charge is -2.31. The summed E-state index contributed by atoms with van der Waals surface area (Å²) in [5, 5.41) is 12.5. The molecular weight excluding hydrogens is 270 g/mol. The highest BCUT2D eigenvalue weighted by molar-refractivity contribution is 5.99. The average Bonchev–Trinajstić information content (AvgIpc) is 2.54. The first kappa shape index (κ1) is 15.6. The molecule has 2 rings (SSSR count). The molecule has 116 valence electrons. The summed E-state index contributed by atoms with van der Waals surface area (Å²) >= 11 is 0. The molecule has 5 nitrogen and oxygen atoms in total. The van der Waals surface area contributed by atoms with Crippen LogP contribution in [0.4, 0.5) is 0 Å². The first-order chi connectivity index (χ1) is 10.2. The van der Waals surface area contributed by atoms with E-state index in [4.69, 9.17) is 9.47 Å². The summed E-state index contributed by atoms with van der Waals surface area (Å²) in [6.07, 6.45) is 4.03. The fourth-order valence-electron chi connectivity index (χ4n) is 2.93. The van der Waals surface area contributed by atoms with Gasteiger partial charge in [0.05, 0.1) is 14.2 Å². The van der Waals surface area contributed by atoms with Gasteiger partial charge in [0.15, 0.2) is 0 Å². The van der Waals surface area contributed by atoms with Gasteiger partial charge in [-0.1, -0.05) is 18.9 Å². The minimum atomic E-state index is -0.213. The Labute approximate surface area is 125 Å². The maximum Gasteiger partial charge on any atom is 0.259 e. The minimum absolute atomic E-state index is 0.00543. The molecule has 1 fully saturated rings. The second-order valence-electron chi connectivity index (χ2n) is 5.34. The Hall–Kier alpha value is -1.75. The molecule has 1 saturated carbocycles. The SMILES string of the molecule is COc1cccc(OC)c1C(=O)NC1CCCCC1CO. The quantitative estimate of drug-likeness (QED) is 0.871. The largest absolute Gasteiger partial charge is 0.496 e. The van der Waals surface area contributed by atoms with Crippen LogP contribution in [-0.2, 0) is 0 Å². The Balaban J connectivity index is 2.19. The molecule has 1 amide bonds. The Bertz CT molecular complexity index is 467. The van der Waals surface area contributed by atoms with Crippen molar-refractivity contribution in [2.75, 3.05) is 20.8 Å². The van der Waals surface area contributed by atoms with Crippen LogP contribution in [-0.4, -0.2) is 37.9 Å². The molecule has 5 heteroatoms. The van der Waals surface area contributed by atoms with Crippen LogP contribution in [0.2, 0.25) is 0 Å². The van der Waals surface area contributed by atoms with Crippen LogP contribution in [0.1, 0.15) is 36.0 Å². The van der Waals surface area contributed by atoms with Crippen LogP contribution >= 0.6 is 0 Å². The number of hydrogen-bond acceptors (Lipinski definition) is 4. The molecule has 0 aromatic heterocycles. The fourth-order valence-corrected chi connectivity index (χ4v) is 2.93. The fraction of sp³-hybridized carbons (Fsp3) is 0.562. The first-order valence-electron chi connectivity index (χ1n) is 7.34. The van der Waals surface area contributed by atoms with Crippen LogP contribution in [0.3, 0.4) is 0 Å². The van der Waals surface area contributed by atoms with Crippen molar-refractivity contribution < 1.29 is 19.4 Å². The number of amides is 1. The maximum atomic E-state index is 12.6. The van der Waals surface area contributed by atoms with Gasteiger partial charge in [0.25, 0.3) is 5.91 Å². The third-order valence-corrected chi connectivity index (χ3v) is 4.11. The molecule has 2 atom stereocenters. The van der Waals surface area contributed by atoms with Gasteiger partial charge in [-0.3, -0.25) is 4.79 Å². The predicted octanol–water partition coefficient (Wildman–Crippen LogP) is 1.98. The second-order valence-corrected chi connectivity index (χ2v) is 5.34. The minimum Gasteiger partial charge on any atom is -0.496 e. The standard InChI is InChI=1S/C16H23NO4/c1-20-13-8-5-9-14(21-2)15(13)16(19)17-12-7-4-3-6-11(12)10-18/h5,8-9,11-12,18H,3-4,6-7,10H2,1-2H3,(H,17,19). The van der Waals surface area contributed by atoms with Crippen LogP contribution < -0.4 is 14.8 Å². The normalized spacial score (nSPS) is 21.7. The van der Waals surface area contributed by atoms with E-state index in [1.54, 1.807) is 18.2 Å². The molecular formula is C16H23NO4. The third-order valence-electron chi connectivity index (χ3n) is 4.11. The zero-order valence-corrected chi connectivity index (χ0v) is 12.6. The highest BCUT2D eigenvalue weighted by Crippen LogP contribution is 2.30. The predicted molar refractivity (Wildman–Crippen MR) is 79.8 cm³/mol. The molecule has 2 unspecified atom stereocenters. The third kappa shape index (κ3) is 3.47. The topological polar surface area (TPSA) is 67.8 Å². The summed E-state index contributed by atoms with van der Waals surface area (Å²) in [7, 11) is 3.06. The number of methoxy groups -OCH3 is 2. The van der Waals surface area contributed by atoms with Crippen molar-refractivity contribution in [1.29, 1.82) is 0 Å². The van der Waals surface area contributed by atoms with Gasteiger partial charge in [-0.2, -0.15) is 0 Å². The van der Waals surface area contributed by atoms with Crippen molar-refractivity contribution in [3.8, 4) is 11.5 Å². The zero-order chi connectivity index (χ0) is 15.2. The lowest BCUT2D eigenvalue weighted by Crippen LogP contribution is -2.43. The van der Waals surface area contributed by atoms with Gasteiger partial charge < -0.3 is 19.9 Å². The zero-order valence-electron chi connectivity index (χ0n) is 12.6. The molecule has 2 N–H and O–H groups in total. The van der Waals surface area contributed by atoms with Gasteiger partial charge >= 0.3 is 0 Å². The van der Waals surface area contributed by atoms with Crippen molar-refractivity contribution in [2.45, 2.75) is 31.7 Å². The van der Waals surface area contributed by atoms with Gasteiger partial charge in [-0.15, -0.1) is 0 Å². The number of rotatable bonds is 5. The van der Waals surface area contributed by atoms with E-state index in [0.29, 0.717) is 17.1 Å². The van der Waals surface area contributed by atoms with Gasteiger partial charge in [0.2, 0.25) is 0 Å². The molecule has 0 bridgehead atoms. The summed E-state index contributed by atoms with van der Waals surface area (Å²) in [4.78, 5) is 12.6. The molecule has 1 aliphatic rings. The van der Waals surface area contributed by atoms with E-state index < -0.39 is 0 Å². The molecule has 0 heterocycles. The van der Waals surface area contributed by atoms with Gasteiger partial charge in [-0.05, 0) is 25.0 Å². The van der Waals surface area contributed by atoms with Crippen LogP contribution in [0.25, 0.3) is 0 Å². The lowest BCUT2D eigenvalue weighted by molar-refractivity contribution is 0.0866. The van der Waals surface area contributed by atoms with Gasteiger partial charge in [-0.25, -0.2) is 0 Å². The van der Waals surface area contributed by atoms with E-state index >= 15 is 0 Å². The van der Waals surface area contributed by atoms with Crippen molar-refractivity contribution in [3.63, 3.8) is 0 Å². The van der Waals surface area contributed by atoms with E-state index in [9.17, 15) is 9.90 Å². The van der Waals surface area contributed by atoms with Gasteiger partial charge in [0, 0.05) is 18.6 Å². The maximum absolute atomic E-state index is 12.6. The molecule has 1 aliphatic carbocycles. The molecule has 1 aromatic carbocycles. The molecule has 0 radical (unpaired) electrons. The van der Waals surface area contributed by atoms with E-state index in [-0.39, 0.29) is 24.5 Å². The number of nitrogens with one attached hydrogen (secondary N) is 1. The Morgan fingerprint density at radius 3 is 2.43 bits per heavy atom. The lowest BCUT2D eigenvalue weighted by atomic mass is 9.85. The summed E-state index contributed by atoms with van der Waals surface area (Å²) in [5.74, 6) is 0.893. The van der Waals surface area contributed by atoms with Crippen molar-refractivity contribution in [2.24, 2.45) is 5.92 Å². The molecule has 0 aliphatic heterocycles. The van der Waals surface area contributed by atoms with Gasteiger partial charge in [0.1, 0.15) is 17.1 Å². The van der Waals surface area contributed by atoms with E-state index in [0.717, 1.165) is 25.7 Å². The number of aliphatic hydroxyl groups excluding tert-OH is 1. The smallest absolute Gasteiger partial charge is 0.259 e. The highest BCUT2D eigenvalue weighted by Gasteiger charge is 2.28. The number of hydrogen-bond donors (Lipinski definition) is 2. The summed E-state index contributed by atoms with van der Waals surface area (Å²) < 4.78 is 10.5.